The minimum atomic E-state index is -0.215. The number of rotatable bonds is 2. The van der Waals surface area contributed by atoms with Crippen molar-refractivity contribution in [3.63, 3.8) is 0 Å². The average molecular weight is 239 g/mol. The Morgan fingerprint density at radius 1 is 1.33 bits per heavy atom. The second-order valence-electron chi connectivity index (χ2n) is 5.11. The first-order valence-electron chi connectivity index (χ1n) is 6.42. The summed E-state index contributed by atoms with van der Waals surface area (Å²) < 4.78 is 0. The molecule has 2 aliphatic rings. The fourth-order valence-corrected chi connectivity index (χ4v) is 3.39. The topological polar surface area (TPSA) is 20.3 Å². The summed E-state index contributed by atoms with van der Waals surface area (Å²) >= 11 is 0. The van der Waals surface area contributed by atoms with E-state index < -0.39 is 0 Å². The second-order valence-corrected chi connectivity index (χ2v) is 5.11. The Kier molecular flexibility index (Phi) is 2.40. The average Bonchev–Trinajstić information content (AvgIpc) is 2.82. The molecule has 0 aliphatic carbocycles. The monoisotopic (exact) mass is 239 g/mol. The van der Waals surface area contributed by atoms with Crippen molar-refractivity contribution in [3.8, 4) is 0 Å². The highest BCUT2D eigenvalue weighted by Gasteiger charge is 2.49. The highest BCUT2D eigenvalue weighted by Crippen LogP contribution is 2.47. The number of benzene rings is 1. The van der Waals surface area contributed by atoms with Gasteiger partial charge in [-0.2, -0.15) is 0 Å². The SMILES string of the molecule is C=CCC12CCCN1C(=O)c1ccccc1C2=C. The smallest absolute Gasteiger partial charge is 0.255 e. The van der Waals surface area contributed by atoms with Gasteiger partial charge in [0.1, 0.15) is 0 Å². The summed E-state index contributed by atoms with van der Waals surface area (Å²) in [5.41, 5.74) is 2.68. The van der Waals surface area contributed by atoms with Crippen LogP contribution in [0.15, 0.2) is 43.5 Å². The van der Waals surface area contributed by atoms with Crippen molar-refractivity contribution in [1.29, 1.82) is 0 Å². The van der Waals surface area contributed by atoms with Gasteiger partial charge in [-0.3, -0.25) is 4.79 Å². The van der Waals surface area contributed by atoms with Crippen molar-refractivity contribution in [3.05, 3.63) is 54.6 Å². The highest BCUT2D eigenvalue weighted by atomic mass is 16.2. The molecular formula is C16H17NO. The molecule has 1 aromatic rings. The zero-order valence-corrected chi connectivity index (χ0v) is 10.5. The summed E-state index contributed by atoms with van der Waals surface area (Å²) in [6.45, 7) is 8.96. The molecule has 1 fully saturated rings. The number of amides is 1. The fraction of sp³-hybridized carbons (Fsp3) is 0.312. The molecule has 1 amide bonds. The molecule has 2 aliphatic heterocycles. The molecule has 0 bridgehead atoms. The molecule has 3 rings (SSSR count). The standard InChI is InChI=1S/C16H17NO/c1-3-9-16-10-6-11-17(16)15(18)14-8-5-4-7-13(14)12(16)2/h3-5,7-8H,1-2,6,9-11H2. The molecule has 92 valence electrons. The third-order valence-electron chi connectivity index (χ3n) is 4.26. The highest BCUT2D eigenvalue weighted by molar-refractivity contribution is 6.05. The zero-order valence-electron chi connectivity index (χ0n) is 10.5. The number of nitrogens with zero attached hydrogens (tertiary/aromatic N) is 1. The normalized spacial score (nSPS) is 25.9. The number of hydrogen-bond donors (Lipinski definition) is 0. The summed E-state index contributed by atoms with van der Waals surface area (Å²) in [7, 11) is 0. The zero-order chi connectivity index (χ0) is 12.8. The van der Waals surface area contributed by atoms with Gasteiger partial charge in [0.25, 0.3) is 5.91 Å². The van der Waals surface area contributed by atoms with Crippen LogP contribution >= 0.6 is 0 Å². The van der Waals surface area contributed by atoms with Crippen LogP contribution in [0.1, 0.15) is 35.2 Å². The largest absolute Gasteiger partial charge is 0.329 e. The molecule has 1 atom stereocenters. The Morgan fingerprint density at radius 3 is 2.78 bits per heavy atom. The van der Waals surface area contributed by atoms with Crippen molar-refractivity contribution in [2.75, 3.05) is 6.54 Å². The summed E-state index contributed by atoms with van der Waals surface area (Å²) in [5.74, 6) is 0.150. The lowest BCUT2D eigenvalue weighted by Gasteiger charge is -2.44. The second kappa shape index (κ2) is 3.84. The van der Waals surface area contributed by atoms with Crippen LogP contribution < -0.4 is 0 Å². The van der Waals surface area contributed by atoms with Gasteiger partial charge in [0.15, 0.2) is 0 Å². The number of fused-ring (bicyclic) bond motifs is 2. The van der Waals surface area contributed by atoms with Crippen molar-refractivity contribution >= 4 is 11.5 Å². The Morgan fingerprint density at radius 2 is 2.06 bits per heavy atom. The molecule has 2 heterocycles. The van der Waals surface area contributed by atoms with Gasteiger partial charge in [0.05, 0.1) is 5.54 Å². The number of carbonyl (C=O) groups is 1. The molecule has 0 radical (unpaired) electrons. The van der Waals surface area contributed by atoms with E-state index in [4.69, 9.17) is 0 Å². The molecule has 0 spiro atoms. The van der Waals surface area contributed by atoms with Crippen LogP contribution in [0, 0.1) is 0 Å². The van der Waals surface area contributed by atoms with E-state index in [2.05, 4.69) is 13.2 Å². The first-order chi connectivity index (χ1) is 8.70. The Labute approximate surface area is 108 Å². The van der Waals surface area contributed by atoms with E-state index in [1.807, 2.05) is 35.2 Å². The van der Waals surface area contributed by atoms with E-state index >= 15 is 0 Å². The Balaban J connectivity index is 2.20. The van der Waals surface area contributed by atoms with Crippen LogP contribution in [-0.4, -0.2) is 22.9 Å². The van der Waals surface area contributed by atoms with Crippen LogP contribution in [0.25, 0.3) is 5.57 Å². The maximum Gasteiger partial charge on any atom is 0.255 e. The number of hydrogen-bond acceptors (Lipinski definition) is 1. The molecule has 1 saturated heterocycles. The quantitative estimate of drug-likeness (QED) is 0.725. The minimum absolute atomic E-state index is 0.150. The lowest BCUT2D eigenvalue weighted by Crippen LogP contribution is -2.51. The summed E-state index contributed by atoms with van der Waals surface area (Å²) in [4.78, 5) is 14.6. The molecule has 0 aromatic heterocycles. The van der Waals surface area contributed by atoms with Crippen molar-refractivity contribution < 1.29 is 4.79 Å². The van der Waals surface area contributed by atoms with Gasteiger partial charge in [0.2, 0.25) is 0 Å². The van der Waals surface area contributed by atoms with Gasteiger partial charge in [-0.25, -0.2) is 0 Å². The van der Waals surface area contributed by atoms with Crippen LogP contribution in [0.5, 0.6) is 0 Å². The first kappa shape index (κ1) is 11.3. The molecule has 2 nitrogen and oxygen atoms in total. The van der Waals surface area contributed by atoms with Gasteiger partial charge < -0.3 is 4.90 Å². The van der Waals surface area contributed by atoms with Crippen molar-refractivity contribution in [2.24, 2.45) is 0 Å². The first-order valence-corrected chi connectivity index (χ1v) is 6.42. The molecular weight excluding hydrogens is 222 g/mol. The van der Waals surface area contributed by atoms with E-state index in [0.717, 1.165) is 42.5 Å². The van der Waals surface area contributed by atoms with Gasteiger partial charge >= 0.3 is 0 Å². The van der Waals surface area contributed by atoms with Crippen LogP contribution in [0.2, 0.25) is 0 Å². The summed E-state index contributed by atoms with van der Waals surface area (Å²) in [6.07, 6.45) is 4.75. The van der Waals surface area contributed by atoms with E-state index in [1.54, 1.807) is 0 Å². The molecule has 1 unspecified atom stereocenters. The van der Waals surface area contributed by atoms with E-state index in [-0.39, 0.29) is 11.4 Å². The van der Waals surface area contributed by atoms with Crippen LogP contribution in [0.4, 0.5) is 0 Å². The minimum Gasteiger partial charge on any atom is -0.329 e. The van der Waals surface area contributed by atoms with E-state index in [1.165, 1.54) is 0 Å². The third kappa shape index (κ3) is 1.26. The molecule has 0 N–H and O–H groups in total. The Hall–Kier alpha value is -1.83. The molecule has 18 heavy (non-hydrogen) atoms. The van der Waals surface area contributed by atoms with Gasteiger partial charge in [-0.15, -0.1) is 6.58 Å². The van der Waals surface area contributed by atoms with Crippen LogP contribution in [0.3, 0.4) is 0 Å². The summed E-state index contributed by atoms with van der Waals surface area (Å²) in [5, 5.41) is 0. The third-order valence-corrected chi connectivity index (χ3v) is 4.26. The van der Waals surface area contributed by atoms with Gasteiger partial charge in [0, 0.05) is 12.1 Å². The maximum atomic E-state index is 12.6. The Bertz CT molecular complexity index is 546. The molecule has 2 heteroatoms. The fourth-order valence-electron chi connectivity index (χ4n) is 3.39. The lowest BCUT2D eigenvalue weighted by molar-refractivity contribution is 0.0664. The van der Waals surface area contributed by atoms with Crippen LogP contribution in [-0.2, 0) is 0 Å². The predicted molar refractivity (Wildman–Crippen MR) is 73.3 cm³/mol. The maximum absolute atomic E-state index is 12.6. The van der Waals surface area contributed by atoms with Crippen molar-refractivity contribution in [2.45, 2.75) is 24.8 Å². The number of carbonyl (C=O) groups excluding carboxylic acids is 1. The van der Waals surface area contributed by atoms with E-state index in [0.29, 0.717) is 0 Å². The van der Waals surface area contributed by atoms with Crippen molar-refractivity contribution in [1.82, 2.24) is 4.90 Å². The lowest BCUT2D eigenvalue weighted by atomic mass is 9.76. The van der Waals surface area contributed by atoms with Gasteiger partial charge in [-0.1, -0.05) is 30.9 Å². The molecule has 1 aromatic carbocycles. The van der Waals surface area contributed by atoms with E-state index in [9.17, 15) is 4.79 Å². The predicted octanol–water partition coefficient (Wildman–Crippen LogP) is 3.26. The van der Waals surface area contributed by atoms with Gasteiger partial charge in [-0.05, 0) is 36.5 Å². The molecule has 0 saturated carbocycles. The summed E-state index contributed by atoms with van der Waals surface area (Å²) in [6, 6.07) is 7.80.